The number of fused-ring (bicyclic) bond motifs is 1. The van der Waals surface area contributed by atoms with Crippen molar-refractivity contribution in [2.24, 2.45) is 11.8 Å². The van der Waals surface area contributed by atoms with Gasteiger partial charge in [0.05, 0.1) is 24.6 Å². The van der Waals surface area contributed by atoms with E-state index in [0.29, 0.717) is 11.7 Å². The van der Waals surface area contributed by atoms with E-state index in [1.54, 1.807) is 13.8 Å². The molecule has 0 aliphatic rings. The first kappa shape index (κ1) is 26.7. The molecule has 0 bridgehead atoms. The third kappa shape index (κ3) is 7.81. The van der Waals surface area contributed by atoms with E-state index in [9.17, 15) is 13.6 Å². The third-order valence-corrected chi connectivity index (χ3v) is 5.85. The molecule has 2 aromatic carbocycles. The lowest BCUT2D eigenvalue weighted by Gasteiger charge is -2.17. The molecule has 0 saturated heterocycles. The number of hydrogen-bond acceptors (Lipinski definition) is 3. The fourth-order valence-electron chi connectivity index (χ4n) is 4.05. The number of aromatic nitrogens is 1. The van der Waals surface area contributed by atoms with Gasteiger partial charge in [0.1, 0.15) is 5.75 Å². The summed E-state index contributed by atoms with van der Waals surface area (Å²) in [6.07, 6.45) is -0.150. The van der Waals surface area contributed by atoms with Crippen molar-refractivity contribution in [3.63, 3.8) is 0 Å². The summed E-state index contributed by atoms with van der Waals surface area (Å²) < 4.78 is 41.5. The second kappa shape index (κ2) is 12.2. The number of ether oxygens (including phenoxy) is 2. The highest BCUT2D eigenvalue weighted by Gasteiger charge is 2.27. The number of nitrogens with zero attached hydrogens (tertiary/aromatic N) is 1. The number of benzene rings is 2. The Morgan fingerprint density at radius 2 is 1.63 bits per heavy atom. The third-order valence-electron chi connectivity index (χ3n) is 5.85. The van der Waals surface area contributed by atoms with Crippen molar-refractivity contribution in [2.45, 2.75) is 65.8 Å². The fourth-order valence-corrected chi connectivity index (χ4v) is 4.05. The summed E-state index contributed by atoms with van der Waals surface area (Å²) in [5.41, 5.74) is 3.40. The van der Waals surface area contributed by atoms with Gasteiger partial charge in [-0.15, -0.1) is 0 Å². The minimum Gasteiger partial charge on any atom is -0.494 e. The summed E-state index contributed by atoms with van der Waals surface area (Å²) >= 11 is 0. The van der Waals surface area contributed by atoms with Crippen LogP contribution in [0, 0.1) is 11.8 Å². The Morgan fingerprint density at radius 1 is 0.943 bits per heavy atom. The second-order valence-electron chi connectivity index (χ2n) is 9.85. The summed E-state index contributed by atoms with van der Waals surface area (Å²) in [6, 6.07) is 18.4. The van der Waals surface area contributed by atoms with Gasteiger partial charge in [-0.1, -0.05) is 58.0 Å². The molecule has 1 aromatic heterocycles. The van der Waals surface area contributed by atoms with E-state index in [1.807, 2.05) is 36.4 Å². The summed E-state index contributed by atoms with van der Waals surface area (Å²) in [7, 11) is 0. The molecule has 0 amide bonds. The molecule has 0 atom stereocenters. The summed E-state index contributed by atoms with van der Waals surface area (Å²) in [5.74, 6) is -2.24. The molecule has 1 heterocycles. The van der Waals surface area contributed by atoms with Gasteiger partial charge < -0.3 is 14.0 Å². The maximum Gasteiger partial charge on any atom is 0.308 e. The van der Waals surface area contributed by atoms with Crippen molar-refractivity contribution in [3.8, 4) is 17.0 Å². The maximum atomic E-state index is 14.2. The minimum absolute atomic E-state index is 0.0319. The van der Waals surface area contributed by atoms with Gasteiger partial charge in [-0.25, -0.2) is 8.78 Å². The first-order valence-corrected chi connectivity index (χ1v) is 12.5. The summed E-state index contributed by atoms with van der Waals surface area (Å²) in [4.78, 5) is 11.4. The number of halogens is 2. The highest BCUT2D eigenvalue weighted by molar-refractivity contribution is 5.88. The Kier molecular flexibility index (Phi) is 9.30. The van der Waals surface area contributed by atoms with Gasteiger partial charge in [-0.05, 0) is 42.5 Å². The Hall–Kier alpha value is -2.89. The molecule has 190 valence electrons. The lowest BCUT2D eigenvalue weighted by atomic mass is 10.1. The summed E-state index contributed by atoms with van der Waals surface area (Å²) in [5, 5.41) is 1.13. The Balaban J connectivity index is 1.57. The van der Waals surface area contributed by atoms with Crippen LogP contribution in [0.1, 0.15) is 53.4 Å². The van der Waals surface area contributed by atoms with Gasteiger partial charge in [0.2, 0.25) is 5.92 Å². The zero-order valence-electron chi connectivity index (χ0n) is 21.2. The predicted molar refractivity (Wildman–Crippen MR) is 137 cm³/mol. The molecular weight excluding hydrogens is 448 g/mol. The van der Waals surface area contributed by atoms with E-state index in [0.717, 1.165) is 28.7 Å². The molecule has 0 N–H and O–H groups in total. The monoisotopic (exact) mass is 485 g/mol. The molecule has 0 unspecified atom stereocenters. The van der Waals surface area contributed by atoms with Crippen molar-refractivity contribution < 1.29 is 23.0 Å². The second-order valence-corrected chi connectivity index (χ2v) is 9.85. The van der Waals surface area contributed by atoms with Crippen LogP contribution in [-0.2, 0) is 16.1 Å². The van der Waals surface area contributed by atoms with Crippen molar-refractivity contribution in [3.05, 3.63) is 54.6 Å². The molecule has 35 heavy (non-hydrogen) atoms. The van der Waals surface area contributed by atoms with Crippen LogP contribution in [0.4, 0.5) is 8.78 Å². The van der Waals surface area contributed by atoms with Crippen molar-refractivity contribution in [2.75, 3.05) is 13.2 Å². The van der Waals surface area contributed by atoms with Crippen LogP contribution >= 0.6 is 0 Å². The molecule has 3 rings (SSSR count). The van der Waals surface area contributed by atoms with E-state index in [4.69, 9.17) is 9.47 Å². The number of esters is 1. The standard InChI is InChI=1S/C29H37F2NO3/c1-21(2)20-32-26(23-10-6-5-7-11-23)18-24-12-13-25(19-27(24)32)34-16-8-14-29(30,31)15-9-17-35-28(33)22(3)4/h5-7,10-13,18-19,21-22H,8-9,14-17,20H2,1-4H3. The Labute approximate surface area is 207 Å². The fraction of sp³-hybridized carbons (Fsp3) is 0.483. The maximum absolute atomic E-state index is 14.2. The number of hydrogen-bond donors (Lipinski definition) is 0. The predicted octanol–water partition coefficient (Wildman–Crippen LogP) is 7.74. The van der Waals surface area contributed by atoms with Crippen molar-refractivity contribution in [1.29, 1.82) is 0 Å². The SMILES string of the molecule is CC(C)Cn1c(-c2ccccc2)cc2ccc(OCCCC(F)(F)CCCOC(=O)C(C)C)cc21. The molecule has 0 radical (unpaired) electrons. The molecular formula is C29H37F2NO3. The number of alkyl halides is 2. The number of rotatable bonds is 13. The van der Waals surface area contributed by atoms with Gasteiger partial charge >= 0.3 is 5.97 Å². The van der Waals surface area contributed by atoms with Gasteiger partial charge in [0.25, 0.3) is 0 Å². The van der Waals surface area contributed by atoms with E-state index >= 15 is 0 Å². The van der Waals surface area contributed by atoms with Crippen LogP contribution in [-0.4, -0.2) is 29.7 Å². The van der Waals surface area contributed by atoms with E-state index < -0.39 is 5.92 Å². The van der Waals surface area contributed by atoms with Crippen LogP contribution < -0.4 is 4.74 Å². The molecule has 6 heteroatoms. The van der Waals surface area contributed by atoms with E-state index in [-0.39, 0.29) is 50.8 Å². The van der Waals surface area contributed by atoms with Crippen LogP contribution in [0.25, 0.3) is 22.2 Å². The Morgan fingerprint density at radius 3 is 2.29 bits per heavy atom. The highest BCUT2D eigenvalue weighted by Crippen LogP contribution is 2.32. The Bertz CT molecular complexity index is 1090. The van der Waals surface area contributed by atoms with E-state index in [1.165, 1.54) is 0 Å². The lowest BCUT2D eigenvalue weighted by Crippen LogP contribution is -2.19. The number of carbonyl (C=O) groups excluding carboxylic acids is 1. The average molecular weight is 486 g/mol. The van der Waals surface area contributed by atoms with Crippen LogP contribution in [0.5, 0.6) is 5.75 Å². The molecule has 0 fully saturated rings. The molecule has 4 nitrogen and oxygen atoms in total. The van der Waals surface area contributed by atoms with Crippen molar-refractivity contribution in [1.82, 2.24) is 4.57 Å². The highest BCUT2D eigenvalue weighted by atomic mass is 19.3. The molecule has 3 aromatic rings. The minimum atomic E-state index is -2.80. The molecule has 0 aliphatic heterocycles. The van der Waals surface area contributed by atoms with Crippen LogP contribution in [0.2, 0.25) is 0 Å². The zero-order valence-corrected chi connectivity index (χ0v) is 21.2. The first-order valence-electron chi connectivity index (χ1n) is 12.5. The van der Waals surface area contributed by atoms with Gasteiger partial charge in [-0.2, -0.15) is 0 Å². The largest absolute Gasteiger partial charge is 0.494 e. The molecule has 0 aliphatic carbocycles. The zero-order chi connectivity index (χ0) is 25.4. The lowest BCUT2D eigenvalue weighted by molar-refractivity contribution is -0.148. The quantitative estimate of drug-likeness (QED) is 0.184. The normalized spacial score (nSPS) is 12.0. The topological polar surface area (TPSA) is 40.5 Å². The van der Waals surface area contributed by atoms with Crippen LogP contribution in [0.3, 0.4) is 0 Å². The molecule has 0 saturated carbocycles. The van der Waals surface area contributed by atoms with Gasteiger partial charge in [0, 0.05) is 36.5 Å². The van der Waals surface area contributed by atoms with Crippen LogP contribution in [0.15, 0.2) is 54.6 Å². The number of carbonyl (C=O) groups is 1. The van der Waals surface area contributed by atoms with E-state index in [2.05, 4.69) is 36.6 Å². The first-order chi connectivity index (χ1) is 16.7. The van der Waals surface area contributed by atoms with Crippen molar-refractivity contribution >= 4 is 16.9 Å². The van der Waals surface area contributed by atoms with Gasteiger partial charge in [-0.3, -0.25) is 4.79 Å². The summed E-state index contributed by atoms with van der Waals surface area (Å²) in [6.45, 7) is 8.95. The smallest absolute Gasteiger partial charge is 0.308 e. The van der Waals surface area contributed by atoms with Gasteiger partial charge in [0.15, 0.2) is 0 Å². The molecule has 0 spiro atoms. The average Bonchev–Trinajstić information content (AvgIpc) is 3.17.